The smallest absolute Gasteiger partial charge is 0.257 e. The topological polar surface area (TPSA) is 42.0 Å². The molecule has 0 aliphatic heterocycles. The molecule has 0 aliphatic carbocycles. The molecule has 0 spiro atoms. The zero-order valence-corrected chi connectivity index (χ0v) is 17.4. The Kier molecular flexibility index (Phi) is 5.47. The summed E-state index contributed by atoms with van der Waals surface area (Å²) < 4.78 is 0. The van der Waals surface area contributed by atoms with Gasteiger partial charge in [0.25, 0.3) is 5.91 Å². The van der Waals surface area contributed by atoms with Crippen molar-refractivity contribution in [1.82, 2.24) is 4.98 Å². The summed E-state index contributed by atoms with van der Waals surface area (Å²) in [5.74, 6) is 0.322. The second-order valence-electron chi connectivity index (χ2n) is 8.10. The molecule has 0 bridgehead atoms. The van der Waals surface area contributed by atoms with Crippen molar-refractivity contribution in [3.05, 3.63) is 70.6 Å². The Balaban J connectivity index is 1.71. The zero-order valence-electron chi connectivity index (χ0n) is 16.5. The van der Waals surface area contributed by atoms with Gasteiger partial charge in [-0.1, -0.05) is 71.0 Å². The Bertz CT molecular complexity index is 916. The summed E-state index contributed by atoms with van der Waals surface area (Å²) in [6, 6.07) is 16.2. The van der Waals surface area contributed by atoms with E-state index in [9.17, 15) is 4.79 Å². The SMILES string of the molecule is CC(C)c1ccc(C(=O)Nc2nc(-c3ccc(C(C)(C)C)cc3)cs2)cc1. The van der Waals surface area contributed by atoms with E-state index in [1.54, 1.807) is 0 Å². The molecule has 3 nitrogen and oxygen atoms in total. The number of rotatable bonds is 4. The van der Waals surface area contributed by atoms with Crippen LogP contribution in [0.2, 0.25) is 0 Å². The first kappa shape index (κ1) is 19.3. The molecule has 0 saturated heterocycles. The van der Waals surface area contributed by atoms with Gasteiger partial charge in [-0.25, -0.2) is 4.98 Å². The van der Waals surface area contributed by atoms with E-state index in [0.717, 1.165) is 11.3 Å². The van der Waals surface area contributed by atoms with E-state index in [1.165, 1.54) is 22.5 Å². The van der Waals surface area contributed by atoms with Crippen LogP contribution >= 0.6 is 11.3 Å². The normalized spacial score (nSPS) is 11.6. The van der Waals surface area contributed by atoms with Crippen molar-refractivity contribution in [3.8, 4) is 11.3 Å². The molecule has 0 atom stereocenters. The fourth-order valence-corrected chi connectivity index (χ4v) is 3.51. The van der Waals surface area contributed by atoms with Crippen LogP contribution in [-0.4, -0.2) is 10.9 Å². The first-order valence-corrected chi connectivity index (χ1v) is 10.1. The maximum atomic E-state index is 12.5. The molecule has 0 radical (unpaired) electrons. The van der Waals surface area contributed by atoms with Crippen molar-refractivity contribution in [2.24, 2.45) is 0 Å². The highest BCUT2D eigenvalue weighted by Crippen LogP contribution is 2.28. The minimum Gasteiger partial charge on any atom is -0.298 e. The molecule has 27 heavy (non-hydrogen) atoms. The van der Waals surface area contributed by atoms with E-state index in [4.69, 9.17) is 0 Å². The Morgan fingerprint density at radius 1 is 1.00 bits per heavy atom. The van der Waals surface area contributed by atoms with Gasteiger partial charge in [0.1, 0.15) is 0 Å². The second kappa shape index (κ2) is 7.65. The minimum absolute atomic E-state index is 0.130. The van der Waals surface area contributed by atoms with Crippen molar-refractivity contribution in [1.29, 1.82) is 0 Å². The van der Waals surface area contributed by atoms with Gasteiger partial charge in [-0.05, 0) is 34.6 Å². The number of nitrogens with zero attached hydrogens (tertiary/aromatic N) is 1. The van der Waals surface area contributed by atoms with Crippen LogP contribution in [-0.2, 0) is 5.41 Å². The van der Waals surface area contributed by atoms with Gasteiger partial charge < -0.3 is 0 Å². The van der Waals surface area contributed by atoms with Gasteiger partial charge in [0.15, 0.2) is 5.13 Å². The van der Waals surface area contributed by atoms with Crippen LogP contribution in [0.15, 0.2) is 53.9 Å². The molecule has 1 heterocycles. The number of carbonyl (C=O) groups is 1. The van der Waals surface area contributed by atoms with Gasteiger partial charge >= 0.3 is 0 Å². The highest BCUT2D eigenvalue weighted by molar-refractivity contribution is 7.14. The van der Waals surface area contributed by atoms with Gasteiger partial charge in [-0.3, -0.25) is 10.1 Å². The molecule has 1 N–H and O–H groups in total. The van der Waals surface area contributed by atoms with Crippen molar-refractivity contribution in [2.45, 2.75) is 46.0 Å². The van der Waals surface area contributed by atoms with Crippen LogP contribution < -0.4 is 5.32 Å². The van der Waals surface area contributed by atoms with Gasteiger partial charge in [0, 0.05) is 16.5 Å². The van der Waals surface area contributed by atoms with Crippen molar-refractivity contribution in [2.75, 3.05) is 5.32 Å². The average Bonchev–Trinajstić information content (AvgIpc) is 3.09. The van der Waals surface area contributed by atoms with Gasteiger partial charge in [0.05, 0.1) is 5.69 Å². The maximum absolute atomic E-state index is 12.5. The van der Waals surface area contributed by atoms with Gasteiger partial charge in [0.2, 0.25) is 0 Å². The van der Waals surface area contributed by atoms with E-state index in [1.807, 2.05) is 29.6 Å². The Morgan fingerprint density at radius 3 is 2.19 bits per heavy atom. The van der Waals surface area contributed by atoms with Crippen LogP contribution in [0.5, 0.6) is 0 Å². The summed E-state index contributed by atoms with van der Waals surface area (Å²) in [6.45, 7) is 10.9. The molecule has 1 aromatic heterocycles. The molecule has 3 aromatic rings. The molecule has 0 aliphatic rings. The number of hydrogen-bond acceptors (Lipinski definition) is 3. The van der Waals surface area contributed by atoms with Crippen LogP contribution in [0.4, 0.5) is 5.13 Å². The number of amides is 1. The Hall–Kier alpha value is -2.46. The molecule has 0 saturated carbocycles. The molecule has 3 rings (SSSR count). The zero-order chi connectivity index (χ0) is 19.6. The molecule has 2 aromatic carbocycles. The van der Waals surface area contributed by atoms with E-state index < -0.39 is 0 Å². The standard InChI is InChI=1S/C23H26N2OS/c1-15(2)16-6-8-18(9-7-16)21(26)25-22-24-20(14-27-22)17-10-12-19(13-11-17)23(3,4)5/h6-15H,1-5H3,(H,24,25,26). The number of hydrogen-bond donors (Lipinski definition) is 1. The number of thiazole rings is 1. The quantitative estimate of drug-likeness (QED) is 0.564. The summed E-state index contributed by atoms with van der Waals surface area (Å²) in [6.07, 6.45) is 0. The average molecular weight is 379 g/mol. The Morgan fingerprint density at radius 2 is 1.63 bits per heavy atom. The number of carbonyl (C=O) groups excluding carboxylic acids is 1. The third-order valence-electron chi connectivity index (χ3n) is 4.61. The predicted molar refractivity (Wildman–Crippen MR) is 115 cm³/mol. The van der Waals surface area contributed by atoms with E-state index in [2.05, 4.69) is 69.2 Å². The van der Waals surface area contributed by atoms with Crippen LogP contribution in [0, 0.1) is 0 Å². The minimum atomic E-state index is -0.130. The molecule has 1 amide bonds. The first-order valence-electron chi connectivity index (χ1n) is 9.22. The van der Waals surface area contributed by atoms with Crippen molar-refractivity contribution >= 4 is 22.4 Å². The number of aromatic nitrogens is 1. The highest BCUT2D eigenvalue weighted by atomic mass is 32.1. The van der Waals surface area contributed by atoms with Gasteiger partial charge in [-0.15, -0.1) is 11.3 Å². The van der Waals surface area contributed by atoms with E-state index in [-0.39, 0.29) is 11.3 Å². The summed E-state index contributed by atoms with van der Waals surface area (Å²) in [7, 11) is 0. The molecule has 0 fully saturated rings. The molecule has 4 heteroatoms. The predicted octanol–water partition coefficient (Wildman–Crippen LogP) is 6.48. The summed E-state index contributed by atoms with van der Waals surface area (Å²) >= 11 is 1.44. The van der Waals surface area contributed by atoms with Crippen LogP contribution in [0.25, 0.3) is 11.3 Å². The fraction of sp³-hybridized carbons (Fsp3) is 0.304. The van der Waals surface area contributed by atoms with Crippen molar-refractivity contribution in [3.63, 3.8) is 0 Å². The summed E-state index contributed by atoms with van der Waals surface area (Å²) in [5, 5.41) is 5.49. The number of benzene rings is 2. The summed E-state index contributed by atoms with van der Waals surface area (Å²) in [4.78, 5) is 17.0. The molecular weight excluding hydrogens is 352 g/mol. The third kappa shape index (κ3) is 4.64. The Labute approximate surface area is 165 Å². The molecule has 0 unspecified atom stereocenters. The molecular formula is C23H26N2OS. The third-order valence-corrected chi connectivity index (χ3v) is 5.37. The first-order chi connectivity index (χ1) is 12.7. The lowest BCUT2D eigenvalue weighted by Gasteiger charge is -2.18. The van der Waals surface area contributed by atoms with Crippen LogP contribution in [0.3, 0.4) is 0 Å². The van der Waals surface area contributed by atoms with E-state index in [0.29, 0.717) is 16.6 Å². The lowest BCUT2D eigenvalue weighted by molar-refractivity contribution is 0.102. The highest BCUT2D eigenvalue weighted by Gasteiger charge is 2.14. The monoisotopic (exact) mass is 378 g/mol. The lowest BCUT2D eigenvalue weighted by Crippen LogP contribution is -2.11. The molecule has 140 valence electrons. The maximum Gasteiger partial charge on any atom is 0.257 e. The summed E-state index contributed by atoms with van der Waals surface area (Å²) in [5.41, 5.74) is 5.23. The second-order valence-corrected chi connectivity index (χ2v) is 8.95. The van der Waals surface area contributed by atoms with Crippen LogP contribution in [0.1, 0.15) is 62.0 Å². The number of nitrogens with one attached hydrogen (secondary N) is 1. The van der Waals surface area contributed by atoms with E-state index >= 15 is 0 Å². The lowest BCUT2D eigenvalue weighted by atomic mass is 9.86. The fourth-order valence-electron chi connectivity index (χ4n) is 2.79. The van der Waals surface area contributed by atoms with Crippen molar-refractivity contribution < 1.29 is 4.79 Å². The number of anilines is 1. The largest absolute Gasteiger partial charge is 0.298 e. The van der Waals surface area contributed by atoms with Gasteiger partial charge in [-0.2, -0.15) is 0 Å².